The lowest BCUT2D eigenvalue weighted by Crippen LogP contribution is -2.36. The van der Waals surface area contributed by atoms with Crippen molar-refractivity contribution in [2.45, 2.75) is 38.6 Å². The quantitative estimate of drug-likeness (QED) is 0.490. The van der Waals surface area contributed by atoms with Gasteiger partial charge in [0.1, 0.15) is 6.04 Å². The molecule has 4 aromatic rings. The third-order valence-corrected chi connectivity index (χ3v) is 6.77. The van der Waals surface area contributed by atoms with Crippen LogP contribution in [0.1, 0.15) is 46.8 Å². The van der Waals surface area contributed by atoms with Crippen molar-refractivity contribution < 1.29 is 0 Å². The topological polar surface area (TPSA) is 44.8 Å². The molecule has 3 aromatic heterocycles. The van der Waals surface area contributed by atoms with Crippen LogP contribution in [0.5, 0.6) is 0 Å². The summed E-state index contributed by atoms with van der Waals surface area (Å²) in [6.45, 7) is 3.17. The zero-order valence-corrected chi connectivity index (χ0v) is 16.9. The molecule has 1 N–H and O–H groups in total. The molecule has 0 radical (unpaired) electrons. The van der Waals surface area contributed by atoms with E-state index < -0.39 is 0 Å². The first-order chi connectivity index (χ1) is 13.8. The average molecular weight is 389 g/mol. The smallest absolute Gasteiger partial charge is 0.226 e. The molecule has 0 bridgehead atoms. The van der Waals surface area contributed by atoms with E-state index in [1.807, 2.05) is 29.8 Å². The van der Waals surface area contributed by atoms with Crippen molar-refractivity contribution in [2.24, 2.45) is 0 Å². The highest BCUT2D eigenvalue weighted by Crippen LogP contribution is 2.41. The summed E-state index contributed by atoms with van der Waals surface area (Å²) < 4.78 is 0. The minimum Gasteiger partial charge on any atom is -0.356 e. The van der Waals surface area contributed by atoms with Crippen LogP contribution in [0.25, 0.3) is 10.9 Å². The van der Waals surface area contributed by atoms with E-state index in [0.717, 1.165) is 25.3 Å². The summed E-state index contributed by atoms with van der Waals surface area (Å²) in [5.74, 6) is 0.806. The molecule has 1 unspecified atom stereocenters. The number of anilines is 1. The van der Waals surface area contributed by atoms with Crippen LogP contribution >= 0.6 is 11.3 Å². The van der Waals surface area contributed by atoms with Crippen molar-refractivity contribution in [1.82, 2.24) is 15.0 Å². The Bertz CT molecular complexity index is 1080. The number of aromatic amines is 1. The molecule has 0 fully saturated rings. The Morgan fingerprint density at radius 3 is 2.82 bits per heavy atom. The summed E-state index contributed by atoms with van der Waals surface area (Å²) in [6.07, 6.45) is 8.31. The summed E-state index contributed by atoms with van der Waals surface area (Å²) in [4.78, 5) is 18.0. The first-order valence-corrected chi connectivity index (χ1v) is 10.9. The lowest BCUT2D eigenvalue weighted by atomic mass is 9.96. The molecule has 0 saturated heterocycles. The van der Waals surface area contributed by atoms with Crippen LogP contribution in [0.4, 0.5) is 5.95 Å². The van der Waals surface area contributed by atoms with Gasteiger partial charge in [-0.1, -0.05) is 31.5 Å². The number of aromatic nitrogens is 3. The number of benzene rings is 1. The summed E-state index contributed by atoms with van der Waals surface area (Å²) >= 11 is 1.93. The molecule has 4 nitrogen and oxygen atoms in total. The maximum Gasteiger partial charge on any atom is 0.226 e. The number of rotatable bonds is 5. The van der Waals surface area contributed by atoms with Crippen molar-refractivity contribution in [3.63, 3.8) is 0 Å². The Morgan fingerprint density at radius 1 is 1.11 bits per heavy atom. The lowest BCUT2D eigenvalue weighted by Gasteiger charge is -2.35. The highest BCUT2D eigenvalue weighted by Gasteiger charge is 2.34. The van der Waals surface area contributed by atoms with Crippen LogP contribution < -0.4 is 4.90 Å². The van der Waals surface area contributed by atoms with Gasteiger partial charge in [0.05, 0.1) is 0 Å². The molecule has 5 heteroatoms. The Balaban J connectivity index is 1.63. The van der Waals surface area contributed by atoms with Gasteiger partial charge < -0.3 is 9.88 Å². The van der Waals surface area contributed by atoms with E-state index in [0.29, 0.717) is 0 Å². The number of para-hydroxylation sites is 1. The Hall–Kier alpha value is -2.66. The minimum atomic E-state index is 0.138. The summed E-state index contributed by atoms with van der Waals surface area (Å²) in [5.41, 5.74) is 3.95. The Labute approximate surface area is 169 Å². The highest BCUT2D eigenvalue weighted by atomic mass is 32.1. The number of fused-ring (bicyclic) bond motifs is 3. The van der Waals surface area contributed by atoms with Crippen molar-refractivity contribution in [2.75, 3.05) is 11.4 Å². The molecule has 0 spiro atoms. The van der Waals surface area contributed by atoms with Crippen LogP contribution in [0.15, 0.2) is 54.9 Å². The fraction of sp³-hybridized carbons (Fsp3) is 0.304. The van der Waals surface area contributed by atoms with Gasteiger partial charge >= 0.3 is 0 Å². The van der Waals surface area contributed by atoms with Gasteiger partial charge in [0.2, 0.25) is 5.95 Å². The van der Waals surface area contributed by atoms with Crippen LogP contribution in [0, 0.1) is 0 Å². The van der Waals surface area contributed by atoms with Crippen molar-refractivity contribution in [3.05, 3.63) is 75.9 Å². The first kappa shape index (κ1) is 17.4. The maximum absolute atomic E-state index is 4.57. The Morgan fingerprint density at radius 2 is 1.96 bits per heavy atom. The van der Waals surface area contributed by atoms with E-state index in [4.69, 9.17) is 0 Å². The van der Waals surface area contributed by atoms with E-state index in [1.54, 1.807) is 0 Å². The van der Waals surface area contributed by atoms with E-state index in [9.17, 15) is 0 Å². The minimum absolute atomic E-state index is 0.138. The van der Waals surface area contributed by atoms with Gasteiger partial charge in [0.25, 0.3) is 0 Å². The van der Waals surface area contributed by atoms with Crippen molar-refractivity contribution in [3.8, 4) is 0 Å². The summed E-state index contributed by atoms with van der Waals surface area (Å²) in [7, 11) is 0. The van der Waals surface area contributed by atoms with Gasteiger partial charge in [-0.05, 0) is 49.1 Å². The zero-order chi connectivity index (χ0) is 18.9. The monoisotopic (exact) mass is 388 g/mol. The lowest BCUT2D eigenvalue weighted by molar-refractivity contribution is 0.633. The van der Waals surface area contributed by atoms with Gasteiger partial charge in [-0.2, -0.15) is 0 Å². The van der Waals surface area contributed by atoms with Crippen molar-refractivity contribution >= 4 is 28.2 Å². The second-order valence-electron chi connectivity index (χ2n) is 7.37. The van der Waals surface area contributed by atoms with Gasteiger partial charge in [-0.25, -0.2) is 9.97 Å². The normalized spacial score (nSPS) is 16.5. The number of aryl methyl sites for hydroxylation is 1. The number of thiophene rings is 1. The number of hydrogen-bond donors (Lipinski definition) is 1. The van der Waals surface area contributed by atoms with E-state index >= 15 is 0 Å². The van der Waals surface area contributed by atoms with Gasteiger partial charge in [-0.3, -0.25) is 0 Å². The number of nitrogens with zero attached hydrogens (tertiary/aromatic N) is 3. The summed E-state index contributed by atoms with van der Waals surface area (Å²) in [6, 6.07) is 15.3. The molecular formula is C23H24N4S. The Kier molecular flexibility index (Phi) is 4.61. The molecule has 28 heavy (non-hydrogen) atoms. The zero-order valence-electron chi connectivity index (χ0n) is 16.1. The number of nitrogens with one attached hydrogen (secondary N) is 1. The molecule has 0 aliphatic carbocycles. The predicted octanol–water partition coefficient (Wildman–Crippen LogP) is 5.51. The fourth-order valence-electron chi connectivity index (χ4n) is 4.22. The first-order valence-electron chi connectivity index (χ1n) is 10.1. The molecule has 1 aliphatic heterocycles. The molecule has 142 valence electrons. The van der Waals surface area contributed by atoms with Crippen LogP contribution in [-0.2, 0) is 12.8 Å². The predicted molar refractivity (Wildman–Crippen MR) is 116 cm³/mol. The molecule has 1 aliphatic rings. The van der Waals surface area contributed by atoms with Crippen LogP contribution in [-0.4, -0.2) is 21.5 Å². The third-order valence-electron chi connectivity index (χ3n) is 5.57. The van der Waals surface area contributed by atoms with Gasteiger partial charge in [-0.15, -0.1) is 11.3 Å². The number of hydrogen-bond acceptors (Lipinski definition) is 4. The molecule has 4 heterocycles. The summed E-state index contributed by atoms with van der Waals surface area (Å²) in [5, 5.41) is 1.35. The van der Waals surface area contributed by atoms with Gasteiger partial charge in [0, 0.05) is 45.3 Å². The van der Waals surface area contributed by atoms with E-state index in [2.05, 4.69) is 63.2 Å². The standard InChI is InChI=1S/C23H24N4S/c1-2-3-7-16-10-11-20(28-16)22-21-18(17-8-4-5-9-19(17)26-21)12-15-27(22)23-24-13-6-14-25-23/h4-6,8-11,13-14,22,26H,2-3,7,12,15H2,1H3. The maximum atomic E-state index is 4.57. The van der Waals surface area contributed by atoms with Crippen LogP contribution in [0.3, 0.4) is 0 Å². The molecule has 1 atom stereocenters. The fourth-order valence-corrected chi connectivity index (χ4v) is 5.40. The van der Waals surface area contributed by atoms with E-state index in [-0.39, 0.29) is 6.04 Å². The third kappa shape index (κ3) is 3.00. The molecular weight excluding hydrogens is 364 g/mol. The number of H-pyrrole nitrogens is 1. The molecule has 0 amide bonds. The van der Waals surface area contributed by atoms with Crippen LogP contribution in [0.2, 0.25) is 0 Å². The van der Waals surface area contributed by atoms with Gasteiger partial charge in [0.15, 0.2) is 0 Å². The molecule has 0 saturated carbocycles. The second-order valence-corrected chi connectivity index (χ2v) is 8.57. The molecule has 5 rings (SSSR count). The average Bonchev–Trinajstić information content (AvgIpc) is 3.36. The largest absolute Gasteiger partial charge is 0.356 e. The molecule has 1 aromatic carbocycles. The second kappa shape index (κ2) is 7.40. The van der Waals surface area contributed by atoms with Crippen molar-refractivity contribution in [1.29, 1.82) is 0 Å². The highest BCUT2D eigenvalue weighted by molar-refractivity contribution is 7.12. The van der Waals surface area contributed by atoms with E-state index in [1.165, 1.54) is 44.8 Å². The SMILES string of the molecule is CCCCc1ccc(C2c3[nH]c4ccccc4c3CCN2c2ncccn2)s1. The number of unbranched alkanes of at least 4 members (excludes halogenated alkanes) is 1.